The summed E-state index contributed by atoms with van der Waals surface area (Å²) in [6.45, 7) is 2.51. The van der Waals surface area contributed by atoms with E-state index in [1.54, 1.807) is 19.5 Å². The Kier molecular flexibility index (Phi) is 7.38. The fourth-order valence-electron chi connectivity index (χ4n) is 4.49. The molecule has 3 atom stereocenters. The van der Waals surface area contributed by atoms with E-state index in [9.17, 15) is 10.2 Å². The second kappa shape index (κ2) is 10.6. The number of nitrogens with zero attached hydrogens (tertiary/aromatic N) is 3. The fraction of sp³-hybridized carbons (Fsp3) is 0.440. The molecule has 0 unspecified atom stereocenters. The van der Waals surface area contributed by atoms with Crippen molar-refractivity contribution in [1.82, 2.24) is 14.9 Å². The lowest BCUT2D eigenvalue weighted by atomic mass is 9.81. The molecule has 1 aromatic carbocycles. The molecule has 0 aliphatic carbocycles. The van der Waals surface area contributed by atoms with E-state index in [1.807, 2.05) is 24.3 Å². The van der Waals surface area contributed by atoms with Crippen molar-refractivity contribution in [3.63, 3.8) is 0 Å². The Bertz CT molecular complexity index is 1070. The monoisotopic (exact) mass is 435 g/mol. The fourth-order valence-corrected chi connectivity index (χ4v) is 4.49. The van der Waals surface area contributed by atoms with Gasteiger partial charge in [-0.3, -0.25) is 9.88 Å². The van der Waals surface area contributed by atoms with Gasteiger partial charge in [0, 0.05) is 24.7 Å². The van der Waals surface area contributed by atoms with Crippen LogP contribution in [0.3, 0.4) is 0 Å². The highest BCUT2D eigenvalue weighted by atomic mass is 16.5. The van der Waals surface area contributed by atoms with Gasteiger partial charge in [-0.1, -0.05) is 5.92 Å². The Hall–Kier alpha value is -2.92. The van der Waals surface area contributed by atoms with Crippen LogP contribution in [0.5, 0.6) is 5.75 Å². The number of likely N-dealkylation sites (tertiary alicyclic amines) is 1. The third kappa shape index (κ3) is 5.28. The molecule has 0 bridgehead atoms. The smallest absolute Gasteiger partial charge is 0.197 e. The lowest BCUT2D eigenvalue weighted by molar-refractivity contribution is 0.0640. The van der Waals surface area contributed by atoms with Crippen molar-refractivity contribution in [3.05, 3.63) is 54.4 Å². The van der Waals surface area contributed by atoms with Gasteiger partial charge in [0.15, 0.2) is 12.2 Å². The molecule has 32 heavy (non-hydrogen) atoms. The average Bonchev–Trinajstić information content (AvgIpc) is 3.35. The van der Waals surface area contributed by atoms with Gasteiger partial charge in [0.25, 0.3) is 0 Å². The maximum absolute atomic E-state index is 11.0. The molecule has 2 N–H and O–H groups in total. The molecule has 168 valence electrons. The number of rotatable bonds is 7. The van der Waals surface area contributed by atoms with Crippen molar-refractivity contribution in [2.45, 2.75) is 25.4 Å². The zero-order valence-corrected chi connectivity index (χ0v) is 18.3. The second-order valence-electron chi connectivity index (χ2n) is 8.27. The van der Waals surface area contributed by atoms with Gasteiger partial charge < -0.3 is 19.4 Å². The highest BCUT2D eigenvalue weighted by Gasteiger charge is 2.29. The molecule has 2 aromatic heterocycles. The molecule has 1 aliphatic rings. The molecule has 4 rings (SSSR count). The normalized spacial score (nSPS) is 20.0. The summed E-state index contributed by atoms with van der Waals surface area (Å²) in [6.07, 6.45) is 6.60. The van der Waals surface area contributed by atoms with E-state index in [4.69, 9.17) is 9.15 Å². The van der Waals surface area contributed by atoms with Crippen molar-refractivity contribution in [3.8, 4) is 17.6 Å². The predicted molar refractivity (Wildman–Crippen MR) is 121 cm³/mol. The Morgan fingerprint density at radius 3 is 3.00 bits per heavy atom. The maximum atomic E-state index is 11.0. The average molecular weight is 436 g/mol. The first kappa shape index (κ1) is 22.3. The van der Waals surface area contributed by atoms with Crippen molar-refractivity contribution < 1.29 is 19.4 Å². The number of pyridine rings is 1. The van der Waals surface area contributed by atoms with Crippen LogP contribution in [0, 0.1) is 23.7 Å². The van der Waals surface area contributed by atoms with Crippen LogP contribution < -0.4 is 4.74 Å². The SMILES string of the molecule is COc1ccc2nccc([C@H](O)CC[C@@H]3CCN(CC#Cc4cnco4)C[C@@H]3CO)c2c1. The minimum atomic E-state index is -0.585. The van der Waals surface area contributed by atoms with Crippen LogP contribution in [0.1, 0.15) is 36.7 Å². The lowest BCUT2D eigenvalue weighted by Crippen LogP contribution is -2.42. The van der Waals surface area contributed by atoms with Crippen LogP contribution >= 0.6 is 0 Å². The van der Waals surface area contributed by atoms with Crippen LogP contribution in [0.2, 0.25) is 0 Å². The Labute approximate surface area is 188 Å². The van der Waals surface area contributed by atoms with E-state index >= 15 is 0 Å². The van der Waals surface area contributed by atoms with Crippen LogP contribution in [0.25, 0.3) is 10.9 Å². The number of aromatic nitrogens is 2. The zero-order chi connectivity index (χ0) is 22.3. The topological polar surface area (TPSA) is 91.9 Å². The standard InChI is InChI=1S/C25H29N3O4/c1-31-20-5-6-24-23(13-20)22(8-10-27-24)25(30)7-4-18-9-12-28(15-19(18)16-29)11-2-3-21-14-26-17-32-21/h5-6,8,10,13-14,17-19,25,29-30H,4,7,9,11-12,15-16H2,1H3/t18-,19-,25-/m1/s1. The molecular formula is C25H29N3O4. The summed E-state index contributed by atoms with van der Waals surface area (Å²) in [5.74, 6) is 7.95. The molecule has 0 amide bonds. The number of benzene rings is 1. The lowest BCUT2D eigenvalue weighted by Gasteiger charge is -2.37. The van der Waals surface area contributed by atoms with Crippen molar-refractivity contribution in [2.24, 2.45) is 11.8 Å². The molecule has 3 heterocycles. The third-order valence-electron chi connectivity index (χ3n) is 6.31. The van der Waals surface area contributed by atoms with Gasteiger partial charge in [-0.15, -0.1) is 0 Å². The summed E-state index contributed by atoms with van der Waals surface area (Å²) in [5, 5.41) is 21.8. The van der Waals surface area contributed by atoms with E-state index < -0.39 is 6.10 Å². The molecule has 0 radical (unpaired) electrons. The minimum Gasteiger partial charge on any atom is -0.497 e. The first-order chi connectivity index (χ1) is 15.7. The number of ether oxygens (including phenoxy) is 1. The zero-order valence-electron chi connectivity index (χ0n) is 18.3. The maximum Gasteiger partial charge on any atom is 0.197 e. The number of aliphatic hydroxyl groups is 2. The predicted octanol–water partition coefficient (Wildman–Crippen LogP) is 3.03. The number of hydrogen-bond acceptors (Lipinski definition) is 7. The first-order valence-corrected chi connectivity index (χ1v) is 11.0. The van der Waals surface area contributed by atoms with Gasteiger partial charge in [0.05, 0.1) is 31.5 Å². The van der Waals surface area contributed by atoms with E-state index in [2.05, 4.69) is 26.7 Å². The van der Waals surface area contributed by atoms with Crippen molar-refractivity contribution in [2.75, 3.05) is 33.4 Å². The summed E-state index contributed by atoms with van der Waals surface area (Å²) < 4.78 is 10.5. The number of hydrogen-bond donors (Lipinski definition) is 2. The van der Waals surface area contributed by atoms with Gasteiger partial charge in [-0.05, 0) is 73.4 Å². The van der Waals surface area contributed by atoms with Crippen LogP contribution in [-0.2, 0) is 0 Å². The van der Waals surface area contributed by atoms with Gasteiger partial charge in [-0.25, -0.2) is 4.98 Å². The first-order valence-electron chi connectivity index (χ1n) is 11.0. The van der Waals surface area contributed by atoms with Crippen molar-refractivity contribution in [1.29, 1.82) is 0 Å². The largest absolute Gasteiger partial charge is 0.497 e. The molecule has 1 saturated heterocycles. The number of methoxy groups -OCH3 is 1. The Morgan fingerprint density at radius 2 is 2.22 bits per heavy atom. The number of fused-ring (bicyclic) bond motifs is 1. The Balaban J connectivity index is 1.35. The molecule has 7 nitrogen and oxygen atoms in total. The summed E-state index contributed by atoms with van der Waals surface area (Å²) in [5.41, 5.74) is 1.71. The third-order valence-corrected chi connectivity index (χ3v) is 6.31. The van der Waals surface area contributed by atoms with Gasteiger partial charge in [0.1, 0.15) is 5.75 Å². The molecule has 0 spiro atoms. The van der Waals surface area contributed by atoms with Gasteiger partial charge >= 0.3 is 0 Å². The molecule has 0 saturated carbocycles. The summed E-state index contributed by atoms with van der Waals surface area (Å²) >= 11 is 0. The van der Waals surface area contributed by atoms with Gasteiger partial charge in [0.2, 0.25) is 0 Å². The van der Waals surface area contributed by atoms with E-state index in [0.717, 1.165) is 48.1 Å². The van der Waals surface area contributed by atoms with E-state index in [-0.39, 0.29) is 12.5 Å². The summed E-state index contributed by atoms with van der Waals surface area (Å²) in [6, 6.07) is 7.59. The minimum absolute atomic E-state index is 0.141. The highest BCUT2D eigenvalue weighted by molar-refractivity contribution is 5.83. The molecule has 7 heteroatoms. The second-order valence-corrected chi connectivity index (χ2v) is 8.27. The van der Waals surface area contributed by atoms with Crippen LogP contribution in [0.15, 0.2) is 47.5 Å². The number of piperidine rings is 1. The van der Waals surface area contributed by atoms with Crippen LogP contribution in [-0.4, -0.2) is 58.4 Å². The molecular weight excluding hydrogens is 406 g/mol. The summed E-state index contributed by atoms with van der Waals surface area (Å²) in [4.78, 5) is 10.5. The highest BCUT2D eigenvalue weighted by Crippen LogP contribution is 2.33. The molecule has 1 fully saturated rings. The Morgan fingerprint density at radius 1 is 1.31 bits per heavy atom. The molecule has 1 aliphatic heterocycles. The van der Waals surface area contributed by atoms with E-state index in [0.29, 0.717) is 24.6 Å². The van der Waals surface area contributed by atoms with Crippen LogP contribution in [0.4, 0.5) is 0 Å². The summed E-state index contributed by atoms with van der Waals surface area (Å²) in [7, 11) is 1.63. The quantitative estimate of drug-likeness (QED) is 0.551. The number of aliphatic hydroxyl groups excluding tert-OH is 2. The van der Waals surface area contributed by atoms with Gasteiger partial charge in [-0.2, -0.15) is 0 Å². The van der Waals surface area contributed by atoms with E-state index in [1.165, 1.54) is 6.39 Å². The molecule has 3 aromatic rings. The number of oxazole rings is 1. The van der Waals surface area contributed by atoms with Crippen molar-refractivity contribution >= 4 is 10.9 Å².